The molecule has 268 valence electrons. The van der Waals surface area contributed by atoms with Crippen molar-refractivity contribution in [2.75, 3.05) is 0 Å². The first-order valence-corrected chi connectivity index (χ1v) is 19.7. The Bertz CT molecular complexity index is 3140. The van der Waals surface area contributed by atoms with Crippen LogP contribution in [0.1, 0.15) is 5.56 Å². The largest absolute Gasteiger partial charge is 0.309 e. The molecule has 2 aromatic heterocycles. The van der Waals surface area contributed by atoms with Crippen molar-refractivity contribution in [2.45, 2.75) is 6.92 Å². The summed E-state index contributed by atoms with van der Waals surface area (Å²) in [4.78, 5) is 0. The molecule has 0 aliphatic rings. The monoisotopic (exact) mass is 726 g/mol. The molecule has 0 saturated heterocycles. The Morgan fingerprint density at radius 2 is 0.544 bits per heavy atom. The highest BCUT2D eigenvalue weighted by Crippen LogP contribution is 2.36. The lowest BCUT2D eigenvalue weighted by Gasteiger charge is -2.13. The van der Waals surface area contributed by atoms with E-state index < -0.39 is 0 Å². The van der Waals surface area contributed by atoms with Crippen LogP contribution in [0, 0.1) is 6.92 Å². The molecule has 0 radical (unpaired) electrons. The maximum absolute atomic E-state index is 2.40. The minimum atomic E-state index is 1.17. The zero-order valence-corrected chi connectivity index (χ0v) is 31.6. The Kier molecular flexibility index (Phi) is 7.75. The van der Waals surface area contributed by atoms with Gasteiger partial charge in [-0.1, -0.05) is 164 Å². The fourth-order valence-electron chi connectivity index (χ4n) is 8.84. The summed E-state index contributed by atoms with van der Waals surface area (Å²) in [7, 11) is 0. The van der Waals surface area contributed by atoms with Crippen LogP contribution in [0.5, 0.6) is 0 Å². The van der Waals surface area contributed by atoms with E-state index in [0.29, 0.717) is 0 Å². The van der Waals surface area contributed by atoms with Crippen molar-refractivity contribution in [1.82, 2.24) is 9.13 Å². The van der Waals surface area contributed by atoms with Crippen molar-refractivity contribution in [3.63, 3.8) is 0 Å². The molecule has 11 aromatic rings. The number of aryl methyl sites for hydroxylation is 1. The van der Waals surface area contributed by atoms with E-state index in [1.165, 1.54) is 105 Å². The van der Waals surface area contributed by atoms with E-state index in [4.69, 9.17) is 0 Å². The van der Waals surface area contributed by atoms with E-state index in [9.17, 15) is 0 Å². The van der Waals surface area contributed by atoms with Gasteiger partial charge in [0.05, 0.1) is 22.1 Å². The Morgan fingerprint density at radius 1 is 0.263 bits per heavy atom. The van der Waals surface area contributed by atoms with Gasteiger partial charge in [-0.05, 0) is 106 Å². The van der Waals surface area contributed by atoms with E-state index in [-0.39, 0.29) is 0 Å². The number of rotatable bonds is 6. The molecule has 0 spiro atoms. The lowest BCUT2D eigenvalue weighted by Crippen LogP contribution is -1.97. The van der Waals surface area contributed by atoms with Crippen molar-refractivity contribution in [3.05, 3.63) is 218 Å². The van der Waals surface area contributed by atoms with Crippen molar-refractivity contribution >= 4 is 43.6 Å². The second kappa shape index (κ2) is 13.4. The summed E-state index contributed by atoms with van der Waals surface area (Å²) >= 11 is 0. The van der Waals surface area contributed by atoms with Crippen molar-refractivity contribution in [3.8, 4) is 55.9 Å². The highest BCUT2D eigenvalue weighted by atomic mass is 15.0. The van der Waals surface area contributed by atoms with Gasteiger partial charge in [0.1, 0.15) is 0 Å². The molecule has 0 saturated carbocycles. The van der Waals surface area contributed by atoms with E-state index in [2.05, 4.69) is 228 Å². The number of aromatic nitrogens is 2. The van der Waals surface area contributed by atoms with E-state index in [1.807, 2.05) is 0 Å². The van der Waals surface area contributed by atoms with Crippen LogP contribution in [0.25, 0.3) is 99.5 Å². The Morgan fingerprint density at radius 3 is 0.895 bits per heavy atom. The average molecular weight is 727 g/mol. The first-order chi connectivity index (χ1) is 28.2. The maximum atomic E-state index is 2.40. The number of nitrogens with zero attached hydrogens (tertiary/aromatic N) is 2. The van der Waals surface area contributed by atoms with Gasteiger partial charge < -0.3 is 9.13 Å². The van der Waals surface area contributed by atoms with Crippen LogP contribution in [-0.2, 0) is 0 Å². The summed E-state index contributed by atoms with van der Waals surface area (Å²) in [5, 5.41) is 5.13. The molecule has 0 bridgehead atoms. The second-order valence-corrected chi connectivity index (χ2v) is 15.0. The summed E-state index contributed by atoms with van der Waals surface area (Å²) in [6, 6.07) is 77.3. The van der Waals surface area contributed by atoms with Crippen LogP contribution >= 0.6 is 0 Å². The zero-order valence-electron chi connectivity index (χ0n) is 31.6. The summed E-state index contributed by atoms with van der Waals surface area (Å²) in [6.07, 6.45) is 0. The molecule has 2 heterocycles. The van der Waals surface area contributed by atoms with E-state index in [1.54, 1.807) is 0 Å². The number of hydrogen-bond acceptors (Lipinski definition) is 0. The molecular formula is C55H38N2. The molecule has 0 aliphatic heterocycles. The third-order valence-electron chi connectivity index (χ3n) is 11.7. The fourth-order valence-corrected chi connectivity index (χ4v) is 8.84. The normalized spacial score (nSPS) is 11.6. The predicted molar refractivity (Wildman–Crippen MR) is 242 cm³/mol. The molecule has 0 aliphatic carbocycles. The summed E-state index contributed by atoms with van der Waals surface area (Å²) in [5.74, 6) is 0. The lowest BCUT2D eigenvalue weighted by molar-refractivity contribution is 1.15. The lowest BCUT2D eigenvalue weighted by atomic mass is 9.96. The maximum Gasteiger partial charge on any atom is 0.0541 e. The average Bonchev–Trinajstić information content (AvgIpc) is 3.80. The smallest absolute Gasteiger partial charge is 0.0541 e. The number of fused-ring (bicyclic) bond motifs is 6. The van der Waals surface area contributed by atoms with Crippen LogP contribution in [-0.4, -0.2) is 9.13 Å². The molecule has 2 heteroatoms. The van der Waals surface area contributed by atoms with E-state index >= 15 is 0 Å². The first kappa shape index (κ1) is 33.0. The molecule has 9 aromatic carbocycles. The molecule has 11 rings (SSSR count). The molecule has 0 fully saturated rings. The van der Waals surface area contributed by atoms with Crippen molar-refractivity contribution in [1.29, 1.82) is 0 Å². The minimum absolute atomic E-state index is 1.17. The van der Waals surface area contributed by atoms with Gasteiger partial charge in [-0.3, -0.25) is 0 Å². The van der Waals surface area contributed by atoms with Crippen LogP contribution in [0.3, 0.4) is 0 Å². The Balaban J connectivity index is 0.806. The van der Waals surface area contributed by atoms with E-state index in [0.717, 1.165) is 0 Å². The van der Waals surface area contributed by atoms with Gasteiger partial charge in [0.25, 0.3) is 0 Å². The first-order valence-electron chi connectivity index (χ1n) is 19.7. The second-order valence-electron chi connectivity index (χ2n) is 15.0. The summed E-state index contributed by atoms with van der Waals surface area (Å²) < 4.78 is 4.76. The summed E-state index contributed by atoms with van der Waals surface area (Å²) in [6.45, 7) is 2.22. The fraction of sp³-hybridized carbons (Fsp3) is 0.0182. The predicted octanol–water partition coefficient (Wildman–Crippen LogP) is 14.9. The SMILES string of the molecule is Cc1cc(-c2ccc(-c3ccc(-c4ccc(-c5ccc(-n6c7ccccc7c7ccccc76)cc5)cc4)cc3)cc2)ccc1-n1c2ccccc2c2ccccc21. The van der Waals surface area contributed by atoms with Gasteiger partial charge in [-0.25, -0.2) is 0 Å². The van der Waals surface area contributed by atoms with Gasteiger partial charge in [0.2, 0.25) is 0 Å². The summed E-state index contributed by atoms with van der Waals surface area (Å²) in [5.41, 5.74) is 18.3. The van der Waals surface area contributed by atoms with Gasteiger partial charge in [-0.2, -0.15) is 0 Å². The Hall–Kier alpha value is -7.42. The number of hydrogen-bond donors (Lipinski definition) is 0. The van der Waals surface area contributed by atoms with Crippen LogP contribution in [0.4, 0.5) is 0 Å². The van der Waals surface area contributed by atoms with Crippen molar-refractivity contribution < 1.29 is 0 Å². The molecule has 0 amide bonds. The molecule has 57 heavy (non-hydrogen) atoms. The molecule has 2 nitrogen and oxygen atoms in total. The van der Waals surface area contributed by atoms with Crippen LogP contribution in [0.15, 0.2) is 212 Å². The van der Waals surface area contributed by atoms with Crippen LogP contribution < -0.4 is 0 Å². The van der Waals surface area contributed by atoms with Gasteiger partial charge in [-0.15, -0.1) is 0 Å². The highest BCUT2D eigenvalue weighted by Gasteiger charge is 2.15. The molecule has 0 atom stereocenters. The highest BCUT2D eigenvalue weighted by molar-refractivity contribution is 6.10. The number of benzene rings is 9. The molecule has 0 unspecified atom stereocenters. The zero-order chi connectivity index (χ0) is 37.9. The third-order valence-corrected chi connectivity index (χ3v) is 11.7. The quantitative estimate of drug-likeness (QED) is 0.161. The van der Waals surface area contributed by atoms with Crippen molar-refractivity contribution in [2.24, 2.45) is 0 Å². The standard InChI is InChI=1S/C55H38N2/c1-37-36-45(32-35-51(37)57-54-16-8-4-12-49(54)50-13-5-9-17-55(50)57)44-28-26-41(27-29-44)40-20-18-38(19-21-40)39-22-24-42(25-23-39)43-30-33-46(34-31-43)56-52-14-6-2-10-47(52)48-11-3-7-15-53(48)56/h2-36H,1H3. The van der Waals surface area contributed by atoms with Gasteiger partial charge in [0, 0.05) is 32.9 Å². The molecule has 0 N–H and O–H groups in total. The minimum Gasteiger partial charge on any atom is -0.309 e. The number of para-hydroxylation sites is 4. The topological polar surface area (TPSA) is 9.86 Å². The van der Waals surface area contributed by atoms with Gasteiger partial charge >= 0.3 is 0 Å². The molecular weight excluding hydrogens is 689 g/mol. The Labute approximate surface area is 332 Å². The van der Waals surface area contributed by atoms with Crippen LogP contribution in [0.2, 0.25) is 0 Å². The third kappa shape index (κ3) is 5.57. The van der Waals surface area contributed by atoms with Gasteiger partial charge in [0.15, 0.2) is 0 Å².